The minimum absolute atomic E-state index is 0.149. The van der Waals surface area contributed by atoms with Gasteiger partial charge >= 0.3 is 0 Å². The molecule has 2 aromatic rings. The molecule has 21 heavy (non-hydrogen) atoms. The molecule has 0 amide bonds. The lowest BCUT2D eigenvalue weighted by molar-refractivity contribution is 0.414. The summed E-state index contributed by atoms with van der Waals surface area (Å²) in [4.78, 5) is 4.14. The molecule has 1 heterocycles. The Labute approximate surface area is 125 Å². The van der Waals surface area contributed by atoms with E-state index in [-0.39, 0.29) is 11.9 Å². The lowest BCUT2D eigenvalue weighted by Gasteiger charge is -2.16. The van der Waals surface area contributed by atoms with E-state index in [0.717, 1.165) is 30.8 Å². The molecule has 0 bridgehead atoms. The average molecular weight is 288 g/mol. The molecule has 0 aliphatic rings. The zero-order valence-electron chi connectivity index (χ0n) is 12.5. The second kappa shape index (κ2) is 7.74. The second-order valence-corrected chi connectivity index (χ2v) is 4.92. The summed E-state index contributed by atoms with van der Waals surface area (Å²) in [7, 11) is 1.67. The van der Waals surface area contributed by atoms with E-state index in [9.17, 15) is 4.39 Å². The van der Waals surface area contributed by atoms with Crippen molar-refractivity contribution in [2.24, 2.45) is 0 Å². The topological polar surface area (TPSA) is 34.1 Å². The van der Waals surface area contributed by atoms with E-state index < -0.39 is 0 Å². The molecule has 0 saturated carbocycles. The highest BCUT2D eigenvalue weighted by Crippen LogP contribution is 2.15. The van der Waals surface area contributed by atoms with E-state index >= 15 is 0 Å². The average Bonchev–Trinajstić information content (AvgIpc) is 2.53. The molecule has 1 N–H and O–H groups in total. The van der Waals surface area contributed by atoms with Crippen LogP contribution in [0, 0.1) is 5.82 Å². The van der Waals surface area contributed by atoms with Gasteiger partial charge in [-0.05, 0) is 49.2 Å². The smallest absolute Gasteiger partial charge is 0.141 e. The molecule has 1 aromatic carbocycles. The summed E-state index contributed by atoms with van der Waals surface area (Å²) >= 11 is 0. The van der Waals surface area contributed by atoms with E-state index in [0.29, 0.717) is 0 Å². The van der Waals surface area contributed by atoms with Gasteiger partial charge in [-0.3, -0.25) is 4.98 Å². The Kier molecular flexibility index (Phi) is 5.69. The summed E-state index contributed by atoms with van der Waals surface area (Å²) in [6.45, 7) is 2.93. The van der Waals surface area contributed by atoms with Crippen molar-refractivity contribution in [3.63, 3.8) is 0 Å². The first-order chi connectivity index (χ1) is 10.2. The van der Waals surface area contributed by atoms with E-state index in [4.69, 9.17) is 4.74 Å². The first kappa shape index (κ1) is 15.4. The molecular formula is C17H21FN2O. The van der Waals surface area contributed by atoms with Crippen LogP contribution in [0.4, 0.5) is 4.39 Å². The highest BCUT2D eigenvalue weighted by molar-refractivity contribution is 5.28. The molecule has 2 rings (SSSR count). The zero-order chi connectivity index (χ0) is 15.1. The van der Waals surface area contributed by atoms with Gasteiger partial charge in [0.15, 0.2) is 0 Å². The third kappa shape index (κ3) is 4.53. The standard InChI is InChI=1S/C17H21FN2O/c1-3-16(17-8-7-14(18)12-20-17)19-10-9-13-5-4-6-15(11-13)21-2/h4-8,11-12,16,19H,3,9-10H2,1-2H3. The Morgan fingerprint density at radius 3 is 2.81 bits per heavy atom. The summed E-state index contributed by atoms with van der Waals surface area (Å²) < 4.78 is 18.1. The maximum atomic E-state index is 12.9. The van der Waals surface area contributed by atoms with Crippen molar-refractivity contribution in [1.82, 2.24) is 10.3 Å². The van der Waals surface area contributed by atoms with Crippen LogP contribution in [0.25, 0.3) is 0 Å². The fraction of sp³-hybridized carbons (Fsp3) is 0.353. The number of halogens is 1. The summed E-state index contributed by atoms with van der Waals surface area (Å²) in [6.07, 6.45) is 3.09. The molecule has 0 saturated heterocycles. The SMILES string of the molecule is CCC(NCCc1cccc(OC)c1)c1ccc(F)cn1. The Bertz CT molecular complexity index is 557. The lowest BCUT2D eigenvalue weighted by Crippen LogP contribution is -2.24. The van der Waals surface area contributed by atoms with Gasteiger partial charge in [0.2, 0.25) is 0 Å². The summed E-state index contributed by atoms with van der Waals surface area (Å²) in [5, 5.41) is 3.47. The normalized spacial score (nSPS) is 12.1. The van der Waals surface area contributed by atoms with Crippen LogP contribution in [0.5, 0.6) is 5.75 Å². The second-order valence-electron chi connectivity index (χ2n) is 4.92. The van der Waals surface area contributed by atoms with Gasteiger partial charge in [-0.1, -0.05) is 19.1 Å². The lowest BCUT2D eigenvalue weighted by atomic mass is 10.1. The van der Waals surface area contributed by atoms with Crippen LogP contribution in [0.15, 0.2) is 42.6 Å². The first-order valence-corrected chi connectivity index (χ1v) is 7.20. The predicted molar refractivity (Wildman–Crippen MR) is 81.9 cm³/mol. The van der Waals surface area contributed by atoms with Crippen LogP contribution < -0.4 is 10.1 Å². The summed E-state index contributed by atoms with van der Waals surface area (Å²) in [5.74, 6) is 0.574. The monoisotopic (exact) mass is 288 g/mol. The molecule has 112 valence electrons. The summed E-state index contributed by atoms with van der Waals surface area (Å²) in [6, 6.07) is 11.4. The molecule has 1 unspecified atom stereocenters. The molecule has 4 heteroatoms. The molecular weight excluding hydrogens is 267 g/mol. The molecule has 3 nitrogen and oxygen atoms in total. The highest BCUT2D eigenvalue weighted by atomic mass is 19.1. The van der Waals surface area contributed by atoms with Crippen molar-refractivity contribution in [2.45, 2.75) is 25.8 Å². The number of ether oxygens (including phenoxy) is 1. The number of hydrogen-bond donors (Lipinski definition) is 1. The van der Waals surface area contributed by atoms with E-state index in [1.54, 1.807) is 13.2 Å². The number of nitrogens with zero attached hydrogens (tertiary/aromatic N) is 1. The van der Waals surface area contributed by atoms with Gasteiger partial charge in [-0.2, -0.15) is 0 Å². The Morgan fingerprint density at radius 1 is 1.29 bits per heavy atom. The molecule has 0 aliphatic heterocycles. The van der Waals surface area contributed by atoms with Crippen molar-refractivity contribution in [1.29, 1.82) is 0 Å². The third-order valence-corrected chi connectivity index (χ3v) is 3.45. The van der Waals surface area contributed by atoms with Crippen molar-refractivity contribution in [2.75, 3.05) is 13.7 Å². The molecule has 0 fully saturated rings. The van der Waals surface area contributed by atoms with Gasteiger partial charge in [-0.25, -0.2) is 4.39 Å². The van der Waals surface area contributed by atoms with Crippen LogP contribution in [-0.4, -0.2) is 18.6 Å². The van der Waals surface area contributed by atoms with Crippen molar-refractivity contribution < 1.29 is 9.13 Å². The molecule has 0 aliphatic carbocycles. The molecule has 0 spiro atoms. The fourth-order valence-corrected chi connectivity index (χ4v) is 2.27. The molecule has 1 aromatic heterocycles. The molecule has 1 atom stereocenters. The van der Waals surface area contributed by atoms with Gasteiger partial charge in [0.1, 0.15) is 11.6 Å². The maximum absolute atomic E-state index is 12.9. The highest BCUT2D eigenvalue weighted by Gasteiger charge is 2.09. The minimum Gasteiger partial charge on any atom is -0.497 e. The number of pyridine rings is 1. The quantitative estimate of drug-likeness (QED) is 0.846. The number of nitrogens with one attached hydrogen (secondary N) is 1. The number of methoxy groups -OCH3 is 1. The van der Waals surface area contributed by atoms with Crippen molar-refractivity contribution in [3.05, 3.63) is 59.7 Å². The van der Waals surface area contributed by atoms with Crippen LogP contribution in [0.2, 0.25) is 0 Å². The number of aromatic nitrogens is 1. The largest absolute Gasteiger partial charge is 0.497 e. The Balaban J connectivity index is 1.89. The Morgan fingerprint density at radius 2 is 2.14 bits per heavy atom. The van der Waals surface area contributed by atoms with E-state index in [1.807, 2.05) is 18.2 Å². The van der Waals surface area contributed by atoms with Crippen molar-refractivity contribution >= 4 is 0 Å². The number of benzene rings is 1. The Hall–Kier alpha value is -1.94. The van der Waals surface area contributed by atoms with E-state index in [1.165, 1.54) is 17.8 Å². The third-order valence-electron chi connectivity index (χ3n) is 3.45. The van der Waals surface area contributed by atoms with Gasteiger partial charge in [0, 0.05) is 6.04 Å². The summed E-state index contributed by atoms with van der Waals surface area (Å²) in [5.41, 5.74) is 2.10. The predicted octanol–water partition coefficient (Wildman–Crippen LogP) is 3.51. The van der Waals surface area contributed by atoms with Crippen LogP contribution in [0.1, 0.15) is 30.6 Å². The van der Waals surface area contributed by atoms with Crippen LogP contribution in [0.3, 0.4) is 0 Å². The van der Waals surface area contributed by atoms with Crippen LogP contribution >= 0.6 is 0 Å². The van der Waals surface area contributed by atoms with Gasteiger partial charge < -0.3 is 10.1 Å². The molecule has 0 radical (unpaired) electrons. The van der Waals surface area contributed by atoms with Crippen molar-refractivity contribution in [3.8, 4) is 5.75 Å². The first-order valence-electron chi connectivity index (χ1n) is 7.20. The number of rotatable bonds is 7. The minimum atomic E-state index is -0.301. The van der Waals surface area contributed by atoms with Gasteiger partial charge in [0.25, 0.3) is 0 Å². The van der Waals surface area contributed by atoms with Crippen LogP contribution in [-0.2, 0) is 6.42 Å². The van der Waals surface area contributed by atoms with Gasteiger partial charge in [0.05, 0.1) is 19.0 Å². The fourth-order valence-electron chi connectivity index (χ4n) is 2.27. The number of hydrogen-bond acceptors (Lipinski definition) is 3. The van der Waals surface area contributed by atoms with Gasteiger partial charge in [-0.15, -0.1) is 0 Å². The van der Waals surface area contributed by atoms with E-state index in [2.05, 4.69) is 23.3 Å². The zero-order valence-corrected chi connectivity index (χ0v) is 12.5. The maximum Gasteiger partial charge on any atom is 0.141 e.